The maximum absolute atomic E-state index is 13.6. The van der Waals surface area contributed by atoms with Gasteiger partial charge in [0.1, 0.15) is 0 Å². The number of nitrogen functional groups attached to an aromatic ring is 1. The molecule has 2 rings (SSSR count). The summed E-state index contributed by atoms with van der Waals surface area (Å²) in [4.78, 5) is 17.3. The summed E-state index contributed by atoms with van der Waals surface area (Å²) in [6, 6.07) is 3.07. The highest BCUT2D eigenvalue weighted by Gasteiger charge is 2.14. The number of nitrogens with zero attached hydrogens (tertiary/aromatic N) is 3. The molecule has 98 valence electrons. The van der Waals surface area contributed by atoms with Gasteiger partial charge in [-0.1, -0.05) is 0 Å². The lowest BCUT2D eigenvalue weighted by atomic mass is 10.3. The van der Waals surface area contributed by atoms with Gasteiger partial charge in [-0.25, -0.2) is 9.37 Å². The van der Waals surface area contributed by atoms with Gasteiger partial charge < -0.3 is 10.5 Å². The Balaban J connectivity index is 2.33. The number of hydrogen-bond donors (Lipinski definition) is 1. The number of anilines is 1. The van der Waals surface area contributed by atoms with Gasteiger partial charge in [0.25, 0.3) is 5.69 Å². The molecule has 7 nitrogen and oxygen atoms in total. The quantitative estimate of drug-likeness (QED) is 0.673. The molecule has 2 N–H and O–H groups in total. The Kier molecular flexibility index (Phi) is 3.23. The molecule has 0 spiro atoms. The average Bonchev–Trinajstić information content (AvgIpc) is 2.36. The Morgan fingerprint density at radius 1 is 1.47 bits per heavy atom. The van der Waals surface area contributed by atoms with E-state index in [1.54, 1.807) is 6.92 Å². The molecule has 1 aromatic carbocycles. The van der Waals surface area contributed by atoms with E-state index in [0.717, 1.165) is 18.2 Å². The van der Waals surface area contributed by atoms with Crippen molar-refractivity contribution in [1.29, 1.82) is 0 Å². The average molecular weight is 264 g/mol. The number of aromatic nitrogens is 2. The van der Waals surface area contributed by atoms with E-state index in [1.165, 1.54) is 6.20 Å². The second-order valence-corrected chi connectivity index (χ2v) is 3.69. The molecule has 1 aromatic heterocycles. The van der Waals surface area contributed by atoms with Crippen molar-refractivity contribution in [2.45, 2.75) is 6.92 Å². The molecule has 0 radical (unpaired) electrons. The highest BCUT2D eigenvalue weighted by atomic mass is 19.1. The van der Waals surface area contributed by atoms with Crippen molar-refractivity contribution in [3.8, 4) is 11.6 Å². The summed E-state index contributed by atoms with van der Waals surface area (Å²) in [6.07, 6.45) is 1.43. The summed E-state index contributed by atoms with van der Waals surface area (Å²) in [5.74, 6) is -0.944. The Bertz CT molecular complexity index is 648. The van der Waals surface area contributed by atoms with Gasteiger partial charge in [0.05, 0.1) is 11.0 Å². The Hall–Kier alpha value is -2.77. The smallest absolute Gasteiger partial charge is 0.272 e. The van der Waals surface area contributed by atoms with Crippen LogP contribution in [-0.4, -0.2) is 14.9 Å². The first kappa shape index (κ1) is 12.7. The lowest BCUT2D eigenvalue weighted by Crippen LogP contribution is -2.00. The van der Waals surface area contributed by atoms with Gasteiger partial charge in [-0.3, -0.25) is 10.1 Å². The van der Waals surface area contributed by atoms with Crippen LogP contribution in [0.25, 0.3) is 0 Å². The van der Waals surface area contributed by atoms with Crippen LogP contribution in [0.1, 0.15) is 5.56 Å². The predicted molar refractivity (Wildman–Crippen MR) is 64.3 cm³/mol. The van der Waals surface area contributed by atoms with Gasteiger partial charge in [0.15, 0.2) is 11.6 Å². The maximum Gasteiger partial charge on any atom is 0.272 e. The second-order valence-electron chi connectivity index (χ2n) is 3.69. The molecule has 1 heterocycles. The Morgan fingerprint density at radius 3 is 2.84 bits per heavy atom. The summed E-state index contributed by atoms with van der Waals surface area (Å²) >= 11 is 0. The van der Waals surface area contributed by atoms with Crippen molar-refractivity contribution in [3.05, 3.63) is 45.9 Å². The van der Waals surface area contributed by atoms with Crippen molar-refractivity contribution in [2.75, 3.05) is 5.73 Å². The van der Waals surface area contributed by atoms with E-state index < -0.39 is 10.7 Å². The van der Waals surface area contributed by atoms with E-state index in [1.807, 2.05) is 0 Å². The number of benzene rings is 1. The lowest BCUT2D eigenvalue weighted by molar-refractivity contribution is -0.385. The summed E-state index contributed by atoms with van der Waals surface area (Å²) in [5.41, 5.74) is 5.60. The Labute approximate surface area is 107 Å². The van der Waals surface area contributed by atoms with Crippen molar-refractivity contribution < 1.29 is 14.1 Å². The van der Waals surface area contributed by atoms with Crippen LogP contribution >= 0.6 is 0 Å². The van der Waals surface area contributed by atoms with Crippen LogP contribution in [0.3, 0.4) is 0 Å². The number of rotatable bonds is 3. The molecule has 0 saturated heterocycles. The van der Waals surface area contributed by atoms with Crippen molar-refractivity contribution in [2.24, 2.45) is 0 Å². The minimum atomic E-state index is -0.856. The van der Waals surface area contributed by atoms with Crippen LogP contribution in [0.2, 0.25) is 0 Å². The molecule has 19 heavy (non-hydrogen) atoms. The van der Waals surface area contributed by atoms with Crippen LogP contribution in [-0.2, 0) is 0 Å². The molecule has 2 aromatic rings. The highest BCUT2D eigenvalue weighted by molar-refractivity contribution is 5.40. The molecule has 0 saturated carbocycles. The molecule has 0 atom stereocenters. The van der Waals surface area contributed by atoms with E-state index in [2.05, 4.69) is 9.97 Å². The fourth-order valence-electron chi connectivity index (χ4n) is 1.33. The summed E-state index contributed by atoms with van der Waals surface area (Å²) in [5, 5.41) is 10.5. The third-order valence-electron chi connectivity index (χ3n) is 2.28. The number of nitro groups is 1. The van der Waals surface area contributed by atoms with Crippen molar-refractivity contribution in [3.63, 3.8) is 0 Å². The van der Waals surface area contributed by atoms with Crippen LogP contribution < -0.4 is 10.5 Å². The predicted octanol–water partition coefficient (Wildman–Crippen LogP) is 2.21. The lowest BCUT2D eigenvalue weighted by Gasteiger charge is -2.08. The van der Waals surface area contributed by atoms with E-state index in [4.69, 9.17) is 10.5 Å². The fourth-order valence-corrected chi connectivity index (χ4v) is 1.33. The van der Waals surface area contributed by atoms with Crippen LogP contribution in [0.5, 0.6) is 11.6 Å². The van der Waals surface area contributed by atoms with E-state index in [0.29, 0.717) is 5.56 Å². The monoisotopic (exact) mass is 264 g/mol. The number of aryl methyl sites for hydroxylation is 1. The third-order valence-corrected chi connectivity index (χ3v) is 2.28. The summed E-state index contributed by atoms with van der Waals surface area (Å²) in [7, 11) is 0. The second kappa shape index (κ2) is 4.84. The first-order chi connectivity index (χ1) is 8.97. The van der Waals surface area contributed by atoms with Crippen LogP contribution in [0.4, 0.5) is 16.0 Å². The van der Waals surface area contributed by atoms with Gasteiger partial charge in [-0.2, -0.15) is 4.98 Å². The van der Waals surface area contributed by atoms with Crippen molar-refractivity contribution >= 4 is 11.6 Å². The maximum atomic E-state index is 13.6. The van der Waals surface area contributed by atoms with Crippen molar-refractivity contribution in [1.82, 2.24) is 9.97 Å². The first-order valence-electron chi connectivity index (χ1n) is 5.18. The number of nitro benzene ring substituents is 1. The standard InChI is InChI=1S/C11H9FN4O3/c1-6-5-14-11(13)15-10(6)19-9-3-2-7(16(17)18)4-8(9)12/h2-5H,1H3,(H2,13,14,15). The van der Waals surface area contributed by atoms with Crippen LogP contribution in [0, 0.1) is 22.9 Å². The zero-order valence-electron chi connectivity index (χ0n) is 9.83. The first-order valence-corrected chi connectivity index (χ1v) is 5.18. The molecular formula is C11H9FN4O3. The minimum Gasteiger partial charge on any atom is -0.435 e. The van der Waals surface area contributed by atoms with E-state index in [-0.39, 0.29) is 23.3 Å². The zero-order valence-corrected chi connectivity index (χ0v) is 9.83. The minimum absolute atomic E-state index is 0.0112. The molecule has 0 aliphatic rings. The number of halogens is 1. The Morgan fingerprint density at radius 2 is 2.21 bits per heavy atom. The molecule has 0 amide bonds. The fraction of sp³-hybridized carbons (Fsp3) is 0.0909. The molecule has 0 fully saturated rings. The largest absolute Gasteiger partial charge is 0.435 e. The molecule has 0 unspecified atom stereocenters. The molecule has 0 bridgehead atoms. The van der Waals surface area contributed by atoms with Gasteiger partial charge in [-0.15, -0.1) is 0 Å². The van der Waals surface area contributed by atoms with Gasteiger partial charge >= 0.3 is 0 Å². The van der Waals surface area contributed by atoms with E-state index in [9.17, 15) is 14.5 Å². The molecule has 8 heteroatoms. The van der Waals surface area contributed by atoms with E-state index >= 15 is 0 Å². The molecule has 0 aliphatic heterocycles. The zero-order chi connectivity index (χ0) is 14.0. The molecule has 0 aliphatic carbocycles. The molecular weight excluding hydrogens is 255 g/mol. The third kappa shape index (κ3) is 2.73. The number of non-ortho nitro benzene ring substituents is 1. The summed E-state index contributed by atoms with van der Waals surface area (Å²) in [6.45, 7) is 1.66. The summed E-state index contributed by atoms with van der Waals surface area (Å²) < 4.78 is 18.9. The topological polar surface area (TPSA) is 104 Å². The number of nitrogens with two attached hydrogens (primary N) is 1. The SMILES string of the molecule is Cc1cnc(N)nc1Oc1ccc([N+](=O)[O-])cc1F. The number of hydrogen-bond acceptors (Lipinski definition) is 6. The van der Waals surface area contributed by atoms with Crippen LogP contribution in [0.15, 0.2) is 24.4 Å². The number of ether oxygens (including phenoxy) is 1. The van der Waals surface area contributed by atoms with Gasteiger partial charge in [0, 0.05) is 17.8 Å². The van der Waals surface area contributed by atoms with Gasteiger partial charge in [0.2, 0.25) is 11.8 Å². The highest BCUT2D eigenvalue weighted by Crippen LogP contribution is 2.28. The normalized spacial score (nSPS) is 10.2. The van der Waals surface area contributed by atoms with Gasteiger partial charge in [-0.05, 0) is 13.0 Å².